The van der Waals surface area contributed by atoms with Crippen molar-refractivity contribution in [3.8, 4) is 0 Å². The maximum absolute atomic E-state index is 13.4. The van der Waals surface area contributed by atoms with E-state index in [9.17, 15) is 9.18 Å². The highest BCUT2D eigenvalue weighted by Crippen LogP contribution is 2.44. The molecular weight excluding hydrogens is 255 g/mol. The minimum atomic E-state index is -0.520. The van der Waals surface area contributed by atoms with Crippen LogP contribution in [0, 0.1) is 5.82 Å². The average Bonchev–Trinajstić information content (AvgIpc) is 2.76. The van der Waals surface area contributed by atoms with Crippen LogP contribution in [0.5, 0.6) is 0 Å². The maximum Gasteiger partial charge on any atom is 0.334 e. The first-order valence-electron chi connectivity index (χ1n) is 6.37. The minimum Gasteiger partial charge on any atom is -0.453 e. The third kappa shape index (κ3) is 2.11. The Morgan fingerprint density at radius 2 is 1.70 bits per heavy atom. The molecule has 0 spiro atoms. The van der Waals surface area contributed by atoms with Crippen LogP contribution in [0.3, 0.4) is 0 Å². The van der Waals surface area contributed by atoms with E-state index in [1.165, 1.54) is 12.1 Å². The molecule has 0 unspecified atom stereocenters. The van der Waals surface area contributed by atoms with Crippen LogP contribution in [0.25, 0.3) is 0 Å². The van der Waals surface area contributed by atoms with Gasteiger partial charge in [-0.25, -0.2) is 9.18 Å². The van der Waals surface area contributed by atoms with Crippen LogP contribution in [-0.4, -0.2) is 5.97 Å². The Bertz CT molecular complexity index is 664. The van der Waals surface area contributed by atoms with Gasteiger partial charge in [-0.15, -0.1) is 0 Å². The number of hydrogen-bond acceptors (Lipinski definition) is 2. The van der Waals surface area contributed by atoms with Crippen LogP contribution in [-0.2, 0) is 9.53 Å². The molecule has 2 aromatic rings. The zero-order chi connectivity index (χ0) is 14.1. The first kappa shape index (κ1) is 12.6. The Hall–Kier alpha value is -2.42. The summed E-state index contributed by atoms with van der Waals surface area (Å²) in [5, 5.41) is 0. The zero-order valence-electron chi connectivity index (χ0n) is 10.8. The highest BCUT2D eigenvalue weighted by molar-refractivity contribution is 5.92. The molecule has 3 rings (SSSR count). The molecule has 2 atom stereocenters. The molecule has 1 saturated heterocycles. The predicted octanol–water partition coefficient (Wildman–Crippen LogP) is 3.76. The molecule has 2 aromatic carbocycles. The molecular formula is C17H13FO2. The summed E-state index contributed by atoms with van der Waals surface area (Å²) in [5.74, 6) is -1.04. The second-order valence-corrected chi connectivity index (χ2v) is 4.79. The van der Waals surface area contributed by atoms with Crippen molar-refractivity contribution in [2.45, 2.75) is 12.0 Å². The molecule has 2 nitrogen and oxygen atoms in total. The van der Waals surface area contributed by atoms with Crippen molar-refractivity contribution in [2.75, 3.05) is 0 Å². The van der Waals surface area contributed by atoms with E-state index < -0.39 is 12.1 Å². The summed E-state index contributed by atoms with van der Waals surface area (Å²) in [4.78, 5) is 11.8. The molecule has 0 N–H and O–H groups in total. The Balaban J connectivity index is 2.05. The molecule has 0 amide bonds. The van der Waals surface area contributed by atoms with E-state index in [4.69, 9.17) is 4.74 Å². The smallest absolute Gasteiger partial charge is 0.334 e. The summed E-state index contributed by atoms with van der Waals surface area (Å²) < 4.78 is 18.8. The number of esters is 1. The van der Waals surface area contributed by atoms with Gasteiger partial charge in [-0.1, -0.05) is 49.0 Å². The molecule has 0 bridgehead atoms. The number of benzene rings is 2. The number of carbonyl (C=O) groups excluding carboxylic acids is 1. The van der Waals surface area contributed by atoms with Gasteiger partial charge in [0.25, 0.3) is 0 Å². The molecule has 1 fully saturated rings. The van der Waals surface area contributed by atoms with Crippen molar-refractivity contribution in [3.63, 3.8) is 0 Å². The fraction of sp³-hybridized carbons (Fsp3) is 0.118. The van der Waals surface area contributed by atoms with Gasteiger partial charge in [-0.05, 0) is 23.3 Å². The first-order valence-corrected chi connectivity index (χ1v) is 6.37. The van der Waals surface area contributed by atoms with E-state index >= 15 is 0 Å². The van der Waals surface area contributed by atoms with Crippen molar-refractivity contribution in [1.29, 1.82) is 0 Å². The molecule has 1 aliphatic heterocycles. The van der Waals surface area contributed by atoms with Crippen LogP contribution in [0.15, 0.2) is 66.7 Å². The number of hydrogen-bond donors (Lipinski definition) is 0. The Labute approximate surface area is 116 Å². The normalized spacial score (nSPS) is 21.9. The third-order valence-electron chi connectivity index (χ3n) is 3.51. The average molecular weight is 268 g/mol. The number of ether oxygens (including phenoxy) is 1. The van der Waals surface area contributed by atoms with Crippen molar-refractivity contribution < 1.29 is 13.9 Å². The highest BCUT2D eigenvalue weighted by atomic mass is 19.1. The van der Waals surface area contributed by atoms with Crippen LogP contribution >= 0.6 is 0 Å². The molecule has 0 aromatic heterocycles. The number of halogens is 1. The summed E-state index contributed by atoms with van der Waals surface area (Å²) in [6.07, 6.45) is -0.520. The summed E-state index contributed by atoms with van der Waals surface area (Å²) in [6.45, 7) is 3.82. The predicted molar refractivity (Wildman–Crippen MR) is 73.6 cm³/mol. The van der Waals surface area contributed by atoms with Gasteiger partial charge in [0.1, 0.15) is 11.9 Å². The Kier molecular flexibility index (Phi) is 3.11. The van der Waals surface area contributed by atoms with Gasteiger partial charge in [0.05, 0.1) is 5.92 Å². The van der Waals surface area contributed by atoms with Crippen LogP contribution in [0.2, 0.25) is 0 Å². The lowest BCUT2D eigenvalue weighted by Gasteiger charge is -2.18. The Morgan fingerprint density at radius 3 is 2.40 bits per heavy atom. The lowest BCUT2D eigenvalue weighted by Crippen LogP contribution is -2.07. The van der Waals surface area contributed by atoms with Gasteiger partial charge in [-0.3, -0.25) is 0 Å². The fourth-order valence-corrected chi connectivity index (χ4v) is 2.55. The van der Waals surface area contributed by atoms with Crippen LogP contribution < -0.4 is 0 Å². The quantitative estimate of drug-likeness (QED) is 0.612. The second-order valence-electron chi connectivity index (χ2n) is 4.79. The van der Waals surface area contributed by atoms with E-state index in [1.54, 1.807) is 12.1 Å². The maximum atomic E-state index is 13.4. The topological polar surface area (TPSA) is 26.3 Å². The van der Waals surface area contributed by atoms with Crippen molar-refractivity contribution >= 4 is 5.97 Å². The standard InChI is InChI=1S/C17H13FO2/c1-11-15(12-6-3-2-4-7-12)16(20-17(11)19)13-8-5-9-14(18)10-13/h2-10,15-16H,1H2/t15-,16+/m0/s1. The third-order valence-corrected chi connectivity index (χ3v) is 3.51. The molecule has 0 aliphatic carbocycles. The lowest BCUT2D eigenvalue weighted by molar-refractivity contribution is -0.139. The number of carbonyl (C=O) groups is 1. The summed E-state index contributed by atoms with van der Waals surface area (Å²) in [6, 6.07) is 15.7. The van der Waals surface area contributed by atoms with Gasteiger partial charge in [0.2, 0.25) is 0 Å². The van der Waals surface area contributed by atoms with Crippen LogP contribution in [0.4, 0.5) is 4.39 Å². The summed E-state index contributed by atoms with van der Waals surface area (Å²) >= 11 is 0. The van der Waals surface area contributed by atoms with E-state index in [0.29, 0.717) is 11.1 Å². The summed E-state index contributed by atoms with van der Waals surface area (Å²) in [7, 11) is 0. The van der Waals surface area contributed by atoms with Crippen molar-refractivity contribution in [3.05, 3.63) is 83.7 Å². The molecule has 0 radical (unpaired) electrons. The second kappa shape index (κ2) is 4.93. The molecule has 20 heavy (non-hydrogen) atoms. The molecule has 0 saturated carbocycles. The SMILES string of the molecule is C=C1C(=O)O[C@H](c2cccc(F)c2)[C@@H]1c1ccccc1. The van der Waals surface area contributed by atoms with E-state index in [0.717, 1.165) is 5.56 Å². The first-order chi connectivity index (χ1) is 9.66. The molecule has 1 aliphatic rings. The fourth-order valence-electron chi connectivity index (χ4n) is 2.55. The van der Waals surface area contributed by atoms with Gasteiger partial charge < -0.3 is 4.74 Å². The van der Waals surface area contributed by atoms with Gasteiger partial charge in [0, 0.05) is 5.57 Å². The monoisotopic (exact) mass is 268 g/mol. The van der Waals surface area contributed by atoms with Gasteiger partial charge >= 0.3 is 5.97 Å². The minimum absolute atomic E-state index is 0.273. The van der Waals surface area contributed by atoms with Gasteiger partial charge in [-0.2, -0.15) is 0 Å². The zero-order valence-corrected chi connectivity index (χ0v) is 10.8. The molecule has 1 heterocycles. The largest absolute Gasteiger partial charge is 0.453 e. The Morgan fingerprint density at radius 1 is 1.00 bits per heavy atom. The number of cyclic esters (lactones) is 1. The molecule has 100 valence electrons. The molecule has 3 heteroatoms. The van der Waals surface area contributed by atoms with E-state index in [1.807, 2.05) is 30.3 Å². The highest BCUT2D eigenvalue weighted by Gasteiger charge is 2.40. The van der Waals surface area contributed by atoms with E-state index in [2.05, 4.69) is 6.58 Å². The van der Waals surface area contributed by atoms with E-state index in [-0.39, 0.29) is 11.7 Å². The van der Waals surface area contributed by atoms with Crippen molar-refractivity contribution in [2.24, 2.45) is 0 Å². The number of rotatable bonds is 2. The summed E-state index contributed by atoms with van der Waals surface area (Å²) in [5.41, 5.74) is 1.99. The van der Waals surface area contributed by atoms with Crippen molar-refractivity contribution in [1.82, 2.24) is 0 Å². The van der Waals surface area contributed by atoms with Gasteiger partial charge in [0.15, 0.2) is 0 Å². The lowest BCUT2D eigenvalue weighted by atomic mass is 9.86. The van der Waals surface area contributed by atoms with Crippen LogP contribution in [0.1, 0.15) is 23.1 Å².